The van der Waals surface area contributed by atoms with E-state index >= 15 is 0 Å². The normalized spacial score (nSPS) is 23.5. The molecule has 0 spiro atoms. The fraction of sp³-hybridized carbons (Fsp3) is 0.632. The third-order valence-corrected chi connectivity index (χ3v) is 6.07. The van der Waals surface area contributed by atoms with Crippen LogP contribution < -0.4 is 0 Å². The molecule has 3 rings (SSSR count). The van der Waals surface area contributed by atoms with Crippen LogP contribution in [0.1, 0.15) is 31.2 Å². The Morgan fingerprint density at radius 2 is 1.83 bits per heavy atom. The summed E-state index contributed by atoms with van der Waals surface area (Å²) in [6, 6.07) is 10.6. The van der Waals surface area contributed by atoms with Crippen LogP contribution in [-0.4, -0.2) is 59.4 Å². The number of nitrogens with zero attached hydrogens (tertiary/aromatic N) is 2. The molecule has 1 unspecified atom stereocenters. The second-order valence-electron chi connectivity index (χ2n) is 6.69. The summed E-state index contributed by atoms with van der Waals surface area (Å²) in [5, 5.41) is 0. The Morgan fingerprint density at radius 1 is 1.04 bits per heavy atom. The first kappa shape index (κ1) is 16.8. The van der Waals surface area contributed by atoms with Gasteiger partial charge in [0.2, 0.25) is 5.91 Å². The fourth-order valence-corrected chi connectivity index (χ4v) is 4.68. The molecular formula is C19H28N2OS. The van der Waals surface area contributed by atoms with Gasteiger partial charge in [0.25, 0.3) is 0 Å². The first-order valence-electron chi connectivity index (χ1n) is 8.96. The summed E-state index contributed by atoms with van der Waals surface area (Å²) in [6.45, 7) is 4.41. The minimum absolute atomic E-state index is 0.306. The Kier molecular flexibility index (Phi) is 6.40. The molecule has 4 heteroatoms. The standard InChI is InChI=1S/C19H28N2OS/c22-19(14-17-8-3-1-4-9-17)21-12-7-13-23-16-18(21)15-20-10-5-2-6-11-20/h1,3-4,8-9,18H,2,5-7,10-16H2. The van der Waals surface area contributed by atoms with Crippen molar-refractivity contribution >= 4 is 17.7 Å². The van der Waals surface area contributed by atoms with Crippen LogP contribution in [0.5, 0.6) is 0 Å². The topological polar surface area (TPSA) is 23.6 Å². The zero-order valence-electron chi connectivity index (χ0n) is 14.0. The van der Waals surface area contributed by atoms with Crippen molar-refractivity contribution in [1.82, 2.24) is 9.80 Å². The average Bonchev–Trinajstić information content (AvgIpc) is 2.82. The summed E-state index contributed by atoms with van der Waals surface area (Å²) < 4.78 is 0. The molecule has 2 fully saturated rings. The van der Waals surface area contributed by atoms with Crippen LogP contribution in [0, 0.1) is 0 Å². The van der Waals surface area contributed by atoms with Gasteiger partial charge in [0.1, 0.15) is 0 Å². The maximum absolute atomic E-state index is 12.9. The molecule has 1 aromatic rings. The molecule has 2 aliphatic heterocycles. The smallest absolute Gasteiger partial charge is 0.227 e. The van der Waals surface area contributed by atoms with E-state index in [0.29, 0.717) is 18.4 Å². The van der Waals surface area contributed by atoms with Gasteiger partial charge in [-0.25, -0.2) is 0 Å². The molecule has 2 heterocycles. The monoisotopic (exact) mass is 332 g/mol. The van der Waals surface area contributed by atoms with Gasteiger partial charge in [0.15, 0.2) is 0 Å². The van der Waals surface area contributed by atoms with Crippen LogP contribution in [0.25, 0.3) is 0 Å². The van der Waals surface area contributed by atoms with Gasteiger partial charge >= 0.3 is 0 Å². The SMILES string of the molecule is O=C(Cc1ccccc1)N1CCCSCC1CN1CCCCC1. The van der Waals surface area contributed by atoms with Gasteiger partial charge in [-0.3, -0.25) is 4.79 Å². The minimum Gasteiger partial charge on any atom is -0.337 e. The van der Waals surface area contributed by atoms with Crippen LogP contribution in [-0.2, 0) is 11.2 Å². The van der Waals surface area contributed by atoms with Gasteiger partial charge in [0.05, 0.1) is 12.5 Å². The molecule has 2 aliphatic rings. The molecule has 23 heavy (non-hydrogen) atoms. The highest BCUT2D eigenvalue weighted by molar-refractivity contribution is 7.99. The number of amides is 1. The van der Waals surface area contributed by atoms with E-state index in [2.05, 4.69) is 21.9 Å². The molecule has 0 radical (unpaired) electrons. The highest BCUT2D eigenvalue weighted by Gasteiger charge is 2.27. The Balaban J connectivity index is 1.63. The van der Waals surface area contributed by atoms with Crippen LogP contribution in [0.4, 0.5) is 0 Å². The van der Waals surface area contributed by atoms with Crippen LogP contribution in [0.15, 0.2) is 30.3 Å². The molecule has 1 aromatic carbocycles. The summed E-state index contributed by atoms with van der Waals surface area (Å²) in [7, 11) is 0. The van der Waals surface area contributed by atoms with Gasteiger partial charge in [0, 0.05) is 18.8 Å². The van der Waals surface area contributed by atoms with E-state index in [1.807, 2.05) is 30.0 Å². The van der Waals surface area contributed by atoms with Crippen LogP contribution in [0.2, 0.25) is 0 Å². The average molecular weight is 333 g/mol. The molecular weight excluding hydrogens is 304 g/mol. The number of thioether (sulfide) groups is 1. The van der Waals surface area contributed by atoms with E-state index in [9.17, 15) is 4.79 Å². The fourth-order valence-electron chi connectivity index (χ4n) is 3.62. The van der Waals surface area contributed by atoms with Crippen molar-refractivity contribution in [3.63, 3.8) is 0 Å². The van der Waals surface area contributed by atoms with Crippen LogP contribution in [0.3, 0.4) is 0 Å². The Morgan fingerprint density at radius 3 is 2.61 bits per heavy atom. The van der Waals surface area contributed by atoms with Crippen LogP contribution >= 0.6 is 11.8 Å². The number of hydrogen-bond acceptors (Lipinski definition) is 3. The number of piperidine rings is 1. The molecule has 1 atom stereocenters. The van der Waals surface area contributed by atoms with Crippen molar-refractivity contribution in [3.05, 3.63) is 35.9 Å². The van der Waals surface area contributed by atoms with E-state index in [1.165, 1.54) is 38.1 Å². The summed E-state index contributed by atoms with van der Waals surface area (Å²) in [5.41, 5.74) is 1.13. The number of benzene rings is 1. The third kappa shape index (κ3) is 4.98. The van der Waals surface area contributed by atoms with E-state index in [4.69, 9.17) is 0 Å². The first-order chi connectivity index (χ1) is 11.3. The zero-order chi connectivity index (χ0) is 15.9. The third-order valence-electron chi connectivity index (χ3n) is 4.87. The predicted molar refractivity (Wildman–Crippen MR) is 97.9 cm³/mol. The van der Waals surface area contributed by atoms with Crippen molar-refractivity contribution in [3.8, 4) is 0 Å². The van der Waals surface area contributed by atoms with E-state index in [-0.39, 0.29) is 0 Å². The van der Waals surface area contributed by atoms with Gasteiger partial charge in [-0.05, 0) is 43.7 Å². The highest BCUT2D eigenvalue weighted by Crippen LogP contribution is 2.20. The quantitative estimate of drug-likeness (QED) is 0.847. The summed E-state index contributed by atoms with van der Waals surface area (Å²) in [4.78, 5) is 17.6. The van der Waals surface area contributed by atoms with Crippen molar-refractivity contribution in [2.24, 2.45) is 0 Å². The number of carbonyl (C=O) groups excluding carboxylic acids is 1. The molecule has 0 aliphatic carbocycles. The summed E-state index contributed by atoms with van der Waals surface area (Å²) >= 11 is 2.02. The number of rotatable bonds is 4. The summed E-state index contributed by atoms with van der Waals surface area (Å²) in [6.07, 6.45) is 5.67. The Bertz CT molecular complexity index is 487. The van der Waals surface area contributed by atoms with E-state index in [1.54, 1.807) is 0 Å². The molecule has 0 aromatic heterocycles. The summed E-state index contributed by atoms with van der Waals surface area (Å²) in [5.74, 6) is 2.59. The zero-order valence-corrected chi connectivity index (χ0v) is 14.8. The molecule has 1 amide bonds. The van der Waals surface area contributed by atoms with Crippen molar-refractivity contribution in [1.29, 1.82) is 0 Å². The van der Waals surface area contributed by atoms with E-state index in [0.717, 1.165) is 30.8 Å². The van der Waals surface area contributed by atoms with Crippen molar-refractivity contribution in [2.75, 3.05) is 37.7 Å². The number of carbonyl (C=O) groups is 1. The molecule has 0 bridgehead atoms. The Hall–Kier alpha value is -1.00. The molecule has 3 nitrogen and oxygen atoms in total. The van der Waals surface area contributed by atoms with Gasteiger partial charge in [-0.2, -0.15) is 11.8 Å². The number of likely N-dealkylation sites (tertiary alicyclic amines) is 1. The molecule has 2 saturated heterocycles. The largest absolute Gasteiger partial charge is 0.337 e. The second-order valence-corrected chi connectivity index (χ2v) is 7.84. The highest BCUT2D eigenvalue weighted by atomic mass is 32.2. The molecule has 0 saturated carbocycles. The predicted octanol–water partition coefficient (Wildman–Crippen LogP) is 3.05. The number of hydrogen-bond donors (Lipinski definition) is 0. The second kappa shape index (κ2) is 8.74. The lowest BCUT2D eigenvalue weighted by Crippen LogP contribution is -2.49. The minimum atomic E-state index is 0.306. The van der Waals surface area contributed by atoms with E-state index < -0.39 is 0 Å². The first-order valence-corrected chi connectivity index (χ1v) is 10.1. The maximum Gasteiger partial charge on any atom is 0.227 e. The van der Waals surface area contributed by atoms with Crippen molar-refractivity contribution < 1.29 is 4.79 Å². The van der Waals surface area contributed by atoms with Gasteiger partial charge in [-0.1, -0.05) is 36.8 Å². The lowest BCUT2D eigenvalue weighted by atomic mass is 10.1. The van der Waals surface area contributed by atoms with Crippen molar-refractivity contribution in [2.45, 2.75) is 38.1 Å². The molecule has 126 valence electrons. The maximum atomic E-state index is 12.9. The lowest BCUT2D eigenvalue weighted by Gasteiger charge is -2.36. The van der Waals surface area contributed by atoms with Gasteiger partial charge in [-0.15, -0.1) is 0 Å². The lowest BCUT2D eigenvalue weighted by molar-refractivity contribution is -0.132. The molecule has 0 N–H and O–H groups in total. The Labute approximate surface area is 144 Å². The van der Waals surface area contributed by atoms with Gasteiger partial charge < -0.3 is 9.80 Å².